The number of rotatable bonds is 3. The van der Waals surface area contributed by atoms with Crippen LogP contribution in [0.15, 0.2) is 0 Å². The van der Waals surface area contributed by atoms with Crippen LogP contribution in [0.3, 0.4) is 0 Å². The van der Waals surface area contributed by atoms with Crippen LogP contribution < -0.4 is 11.1 Å². The van der Waals surface area contributed by atoms with Crippen molar-refractivity contribution in [3.05, 3.63) is 0 Å². The van der Waals surface area contributed by atoms with Gasteiger partial charge >= 0.3 is 0 Å². The third kappa shape index (κ3) is 2.07. The summed E-state index contributed by atoms with van der Waals surface area (Å²) in [6, 6.07) is 0.674. The van der Waals surface area contributed by atoms with Crippen molar-refractivity contribution < 1.29 is 9.53 Å². The summed E-state index contributed by atoms with van der Waals surface area (Å²) < 4.78 is 5.30. The molecule has 4 fully saturated rings. The maximum Gasteiger partial charge on any atom is 0.220 e. The highest BCUT2D eigenvalue weighted by Crippen LogP contribution is 2.55. The molecule has 1 saturated carbocycles. The van der Waals surface area contributed by atoms with Gasteiger partial charge in [-0.25, -0.2) is 0 Å². The average molecular weight is 279 g/mol. The first-order chi connectivity index (χ1) is 9.68. The summed E-state index contributed by atoms with van der Waals surface area (Å²) in [6.45, 7) is 5.25. The fourth-order valence-electron chi connectivity index (χ4n) is 4.65. The van der Waals surface area contributed by atoms with E-state index < -0.39 is 0 Å². The van der Waals surface area contributed by atoms with E-state index in [4.69, 9.17) is 10.5 Å². The molecular formula is C15H25N3O2. The Balaban J connectivity index is 1.36. The minimum Gasteiger partial charge on any atom is -0.378 e. The molecule has 3 saturated heterocycles. The zero-order chi connectivity index (χ0) is 13.7. The number of likely N-dealkylation sites (tertiary alicyclic amines) is 1. The molecule has 0 aromatic rings. The molecule has 4 atom stereocenters. The number of hydrogen-bond acceptors (Lipinski definition) is 4. The van der Waals surface area contributed by atoms with E-state index in [9.17, 15) is 4.79 Å². The van der Waals surface area contributed by atoms with Crippen LogP contribution in [0, 0.1) is 17.8 Å². The first-order valence-corrected chi connectivity index (χ1v) is 8.04. The van der Waals surface area contributed by atoms with Crippen LogP contribution in [0.1, 0.15) is 25.7 Å². The molecule has 5 nitrogen and oxygen atoms in total. The molecule has 0 radical (unpaired) electrons. The Morgan fingerprint density at radius 1 is 1.30 bits per heavy atom. The molecule has 3 unspecified atom stereocenters. The normalized spacial score (nSPS) is 45.5. The third-order valence-corrected chi connectivity index (χ3v) is 6.08. The molecule has 0 bridgehead atoms. The first kappa shape index (κ1) is 13.0. The van der Waals surface area contributed by atoms with Gasteiger partial charge in [-0.05, 0) is 50.6 Å². The molecule has 0 aromatic carbocycles. The van der Waals surface area contributed by atoms with Gasteiger partial charge < -0.3 is 15.8 Å². The fourth-order valence-corrected chi connectivity index (χ4v) is 4.65. The molecular weight excluding hydrogens is 254 g/mol. The second-order valence-corrected chi connectivity index (χ2v) is 7.22. The number of nitrogens with two attached hydrogens (primary N) is 1. The van der Waals surface area contributed by atoms with E-state index in [1.807, 2.05) is 0 Å². The van der Waals surface area contributed by atoms with Crippen molar-refractivity contribution in [2.45, 2.75) is 37.3 Å². The standard InChI is InChI=1S/C15H25N3O2/c16-14(19)10-1-3-17-15(5-10)6-13(15)11-2-4-18(7-11)12-8-20-9-12/h10-13,17H,1-9H2,(H2,16,19)/t10?,11-,13?,15?/m0/s1. The van der Waals surface area contributed by atoms with E-state index in [2.05, 4.69) is 10.2 Å². The molecule has 5 heteroatoms. The van der Waals surface area contributed by atoms with Gasteiger partial charge in [0.25, 0.3) is 0 Å². The number of carbonyl (C=O) groups excluding carboxylic acids is 1. The van der Waals surface area contributed by atoms with Crippen molar-refractivity contribution in [3.63, 3.8) is 0 Å². The fraction of sp³-hybridized carbons (Fsp3) is 0.933. The summed E-state index contributed by atoms with van der Waals surface area (Å²) in [4.78, 5) is 14.1. The molecule has 3 N–H and O–H groups in total. The number of nitrogens with one attached hydrogen (secondary N) is 1. The molecule has 4 aliphatic rings. The maximum atomic E-state index is 11.5. The lowest BCUT2D eigenvalue weighted by Crippen LogP contribution is -2.48. The summed E-state index contributed by atoms with van der Waals surface area (Å²) in [7, 11) is 0. The van der Waals surface area contributed by atoms with Crippen molar-refractivity contribution in [3.8, 4) is 0 Å². The monoisotopic (exact) mass is 279 g/mol. The lowest BCUT2D eigenvalue weighted by Gasteiger charge is -2.35. The molecule has 0 aromatic heterocycles. The van der Waals surface area contributed by atoms with Crippen molar-refractivity contribution in [2.75, 3.05) is 32.8 Å². The van der Waals surface area contributed by atoms with Crippen molar-refractivity contribution in [1.29, 1.82) is 0 Å². The SMILES string of the molecule is NC(=O)C1CCNC2(C1)CC2[C@H]1CCN(C2COC2)C1. The van der Waals surface area contributed by atoms with Crippen molar-refractivity contribution >= 4 is 5.91 Å². The van der Waals surface area contributed by atoms with Gasteiger partial charge in [0.05, 0.1) is 19.3 Å². The van der Waals surface area contributed by atoms with Crippen LogP contribution in [0.2, 0.25) is 0 Å². The topological polar surface area (TPSA) is 67.6 Å². The number of ether oxygens (including phenoxy) is 1. The van der Waals surface area contributed by atoms with Crippen molar-refractivity contribution in [2.24, 2.45) is 23.5 Å². The van der Waals surface area contributed by atoms with Gasteiger partial charge in [-0.15, -0.1) is 0 Å². The van der Waals surface area contributed by atoms with Gasteiger partial charge in [0.1, 0.15) is 0 Å². The van der Waals surface area contributed by atoms with Gasteiger partial charge in [0.2, 0.25) is 5.91 Å². The van der Waals surface area contributed by atoms with E-state index in [0.29, 0.717) is 6.04 Å². The zero-order valence-corrected chi connectivity index (χ0v) is 12.0. The maximum absolute atomic E-state index is 11.5. The summed E-state index contributed by atoms with van der Waals surface area (Å²) in [5, 5.41) is 3.70. The summed E-state index contributed by atoms with van der Waals surface area (Å²) in [5.74, 6) is 1.56. The molecule has 1 spiro atoms. The molecule has 1 aliphatic carbocycles. The molecule has 20 heavy (non-hydrogen) atoms. The van der Waals surface area contributed by atoms with Gasteiger partial charge in [-0.1, -0.05) is 0 Å². The van der Waals surface area contributed by atoms with Gasteiger partial charge in [0.15, 0.2) is 0 Å². The Labute approximate surface area is 120 Å². The van der Waals surface area contributed by atoms with Crippen LogP contribution in [0.25, 0.3) is 0 Å². The van der Waals surface area contributed by atoms with E-state index in [1.165, 1.54) is 25.9 Å². The van der Waals surface area contributed by atoms with Gasteiger partial charge in [0, 0.05) is 18.0 Å². The van der Waals surface area contributed by atoms with Crippen molar-refractivity contribution in [1.82, 2.24) is 10.2 Å². The van der Waals surface area contributed by atoms with E-state index >= 15 is 0 Å². The molecule has 4 rings (SSSR count). The van der Waals surface area contributed by atoms with Gasteiger partial charge in [-0.2, -0.15) is 0 Å². The van der Waals surface area contributed by atoms with Crippen LogP contribution in [-0.2, 0) is 9.53 Å². The van der Waals surface area contributed by atoms with Crippen LogP contribution in [-0.4, -0.2) is 55.2 Å². The van der Waals surface area contributed by atoms with E-state index in [-0.39, 0.29) is 17.4 Å². The number of carbonyl (C=O) groups is 1. The number of piperidine rings is 1. The Bertz CT molecular complexity index is 412. The highest BCUT2D eigenvalue weighted by atomic mass is 16.5. The Kier molecular flexibility index (Phi) is 3.05. The largest absolute Gasteiger partial charge is 0.378 e. The number of amides is 1. The minimum atomic E-state index is -0.101. The molecule has 3 heterocycles. The number of primary amides is 1. The van der Waals surface area contributed by atoms with Crippen LogP contribution in [0.4, 0.5) is 0 Å². The smallest absolute Gasteiger partial charge is 0.220 e. The Hall–Kier alpha value is -0.650. The van der Waals surface area contributed by atoms with E-state index in [1.54, 1.807) is 0 Å². The highest BCUT2D eigenvalue weighted by Gasteiger charge is 2.60. The lowest BCUT2D eigenvalue weighted by atomic mass is 9.86. The summed E-state index contributed by atoms with van der Waals surface area (Å²) in [5.41, 5.74) is 5.76. The van der Waals surface area contributed by atoms with Gasteiger partial charge in [-0.3, -0.25) is 9.69 Å². The van der Waals surface area contributed by atoms with Crippen LogP contribution >= 0.6 is 0 Å². The third-order valence-electron chi connectivity index (χ3n) is 6.08. The Morgan fingerprint density at radius 3 is 2.85 bits per heavy atom. The average Bonchev–Trinajstić information content (AvgIpc) is 2.83. The minimum absolute atomic E-state index is 0.0961. The predicted octanol–water partition coefficient (Wildman–Crippen LogP) is -0.0493. The number of nitrogens with zero attached hydrogens (tertiary/aromatic N) is 1. The lowest BCUT2D eigenvalue weighted by molar-refractivity contribution is -0.123. The van der Waals surface area contributed by atoms with Crippen LogP contribution in [0.5, 0.6) is 0 Å². The highest BCUT2D eigenvalue weighted by molar-refractivity contribution is 5.77. The van der Waals surface area contributed by atoms with E-state index in [0.717, 1.165) is 44.4 Å². The summed E-state index contributed by atoms with van der Waals surface area (Å²) in [6.07, 6.45) is 4.44. The zero-order valence-electron chi connectivity index (χ0n) is 12.0. The summed E-state index contributed by atoms with van der Waals surface area (Å²) >= 11 is 0. The molecule has 1 amide bonds. The second-order valence-electron chi connectivity index (χ2n) is 7.22. The number of hydrogen-bond donors (Lipinski definition) is 2. The first-order valence-electron chi connectivity index (χ1n) is 8.04. The Morgan fingerprint density at radius 2 is 2.15 bits per heavy atom. The second kappa shape index (κ2) is 4.68. The predicted molar refractivity (Wildman–Crippen MR) is 75.0 cm³/mol. The quantitative estimate of drug-likeness (QED) is 0.760. The molecule has 3 aliphatic heterocycles. The molecule has 112 valence electrons.